The maximum absolute atomic E-state index is 12.5. The van der Waals surface area contributed by atoms with Crippen LogP contribution in [0.2, 0.25) is 5.15 Å². The molecule has 0 unspecified atom stereocenters. The van der Waals surface area contributed by atoms with Crippen molar-refractivity contribution in [1.82, 2.24) is 9.88 Å². The molecule has 0 radical (unpaired) electrons. The summed E-state index contributed by atoms with van der Waals surface area (Å²) in [4.78, 5) is 18.6. The van der Waals surface area contributed by atoms with Crippen LogP contribution in [0.4, 0.5) is 0 Å². The molecule has 0 aliphatic rings. The first kappa shape index (κ1) is 16.0. The van der Waals surface area contributed by atoms with Crippen LogP contribution in [-0.4, -0.2) is 28.9 Å². The Morgan fingerprint density at radius 3 is 2.32 bits per heavy atom. The van der Waals surface area contributed by atoms with E-state index in [-0.39, 0.29) is 5.91 Å². The number of carbonyl (C=O) groups excluding carboxylic acids is 1. The van der Waals surface area contributed by atoms with E-state index in [1.165, 1.54) is 0 Å². The zero-order chi connectivity index (χ0) is 14.3. The first-order chi connectivity index (χ1) is 9.12. The topological polar surface area (TPSA) is 33.2 Å². The molecule has 0 saturated heterocycles. The molecule has 1 aromatic rings. The predicted octanol–water partition coefficient (Wildman–Crippen LogP) is 3.95. The van der Waals surface area contributed by atoms with Crippen molar-refractivity contribution in [2.45, 2.75) is 46.5 Å². The number of nitrogens with zero attached hydrogens (tertiary/aromatic N) is 2. The van der Waals surface area contributed by atoms with E-state index in [2.05, 4.69) is 25.8 Å². The van der Waals surface area contributed by atoms with Crippen LogP contribution in [0.3, 0.4) is 0 Å². The van der Waals surface area contributed by atoms with Crippen molar-refractivity contribution in [1.29, 1.82) is 0 Å². The van der Waals surface area contributed by atoms with Gasteiger partial charge < -0.3 is 4.90 Å². The van der Waals surface area contributed by atoms with Gasteiger partial charge >= 0.3 is 0 Å². The minimum absolute atomic E-state index is 0.0605. The third-order valence-electron chi connectivity index (χ3n) is 2.87. The van der Waals surface area contributed by atoms with Gasteiger partial charge in [-0.1, -0.05) is 38.8 Å². The highest BCUT2D eigenvalue weighted by molar-refractivity contribution is 6.29. The summed E-state index contributed by atoms with van der Waals surface area (Å²) in [6.45, 7) is 7.83. The number of halogens is 1. The van der Waals surface area contributed by atoms with E-state index >= 15 is 0 Å². The minimum Gasteiger partial charge on any atom is -0.339 e. The van der Waals surface area contributed by atoms with E-state index in [0.717, 1.165) is 44.5 Å². The average Bonchev–Trinajstić information content (AvgIpc) is 2.37. The fraction of sp³-hybridized carbons (Fsp3) is 0.600. The van der Waals surface area contributed by atoms with Crippen LogP contribution in [0, 0.1) is 0 Å². The maximum Gasteiger partial charge on any atom is 0.254 e. The Labute approximate surface area is 121 Å². The highest BCUT2D eigenvalue weighted by Gasteiger charge is 2.15. The molecule has 106 valence electrons. The van der Waals surface area contributed by atoms with Crippen molar-refractivity contribution >= 4 is 17.5 Å². The first-order valence-electron chi connectivity index (χ1n) is 7.08. The largest absolute Gasteiger partial charge is 0.339 e. The first-order valence-corrected chi connectivity index (χ1v) is 7.45. The van der Waals surface area contributed by atoms with Crippen molar-refractivity contribution in [3.05, 3.63) is 28.5 Å². The second-order valence-corrected chi connectivity index (χ2v) is 5.10. The van der Waals surface area contributed by atoms with Crippen molar-refractivity contribution in [3.63, 3.8) is 0 Å². The van der Waals surface area contributed by atoms with Crippen LogP contribution in [0.5, 0.6) is 0 Å². The van der Waals surface area contributed by atoms with Crippen molar-refractivity contribution < 1.29 is 4.79 Å². The fourth-order valence-corrected chi connectivity index (χ4v) is 2.32. The molecule has 1 heterocycles. The fourth-order valence-electron chi connectivity index (χ4n) is 2.10. The lowest BCUT2D eigenvalue weighted by Crippen LogP contribution is -2.32. The molecule has 0 saturated carbocycles. The van der Waals surface area contributed by atoms with Crippen LogP contribution >= 0.6 is 11.6 Å². The Balaban J connectivity index is 2.95. The summed E-state index contributed by atoms with van der Waals surface area (Å²) in [6, 6.07) is 3.54. The quantitative estimate of drug-likeness (QED) is 0.710. The van der Waals surface area contributed by atoms with Crippen molar-refractivity contribution in [2.24, 2.45) is 0 Å². The summed E-state index contributed by atoms with van der Waals surface area (Å²) in [5.74, 6) is 0.0605. The molecular formula is C15H23ClN2O. The number of rotatable bonds is 7. The van der Waals surface area contributed by atoms with Gasteiger partial charge in [-0.2, -0.15) is 0 Å². The molecule has 19 heavy (non-hydrogen) atoms. The van der Waals surface area contributed by atoms with E-state index in [1.54, 1.807) is 6.07 Å². The molecule has 1 rings (SSSR count). The molecule has 0 spiro atoms. The standard InChI is InChI=1S/C15H23ClN2O/c1-4-7-13-10-12(11-14(16)17-13)15(19)18(8-5-2)9-6-3/h10-11H,4-9H2,1-3H3. The van der Waals surface area contributed by atoms with Gasteiger partial charge in [0.1, 0.15) is 5.15 Å². The Kier molecular flexibility index (Phi) is 6.85. The molecule has 0 aliphatic carbocycles. The second kappa shape index (κ2) is 8.16. The minimum atomic E-state index is 0.0605. The number of amides is 1. The number of aryl methyl sites for hydroxylation is 1. The third-order valence-corrected chi connectivity index (χ3v) is 3.07. The zero-order valence-electron chi connectivity index (χ0n) is 12.1. The summed E-state index contributed by atoms with van der Waals surface area (Å²) >= 11 is 6.01. The van der Waals surface area contributed by atoms with E-state index < -0.39 is 0 Å². The van der Waals surface area contributed by atoms with Gasteiger partial charge in [0, 0.05) is 24.3 Å². The summed E-state index contributed by atoms with van der Waals surface area (Å²) in [5, 5.41) is 0.405. The lowest BCUT2D eigenvalue weighted by atomic mass is 10.1. The molecule has 0 aliphatic heterocycles. The van der Waals surface area contributed by atoms with E-state index in [4.69, 9.17) is 11.6 Å². The second-order valence-electron chi connectivity index (χ2n) is 4.71. The summed E-state index contributed by atoms with van der Waals surface area (Å²) in [6.07, 6.45) is 3.77. The highest BCUT2D eigenvalue weighted by atomic mass is 35.5. The van der Waals surface area contributed by atoms with Crippen molar-refractivity contribution in [2.75, 3.05) is 13.1 Å². The average molecular weight is 283 g/mol. The van der Waals surface area contributed by atoms with Gasteiger partial charge in [-0.15, -0.1) is 0 Å². The predicted molar refractivity (Wildman–Crippen MR) is 79.7 cm³/mol. The maximum atomic E-state index is 12.5. The van der Waals surface area contributed by atoms with Gasteiger partial charge in [-0.3, -0.25) is 4.79 Å². The molecule has 0 N–H and O–H groups in total. The highest BCUT2D eigenvalue weighted by Crippen LogP contribution is 2.15. The number of carbonyl (C=O) groups is 1. The lowest BCUT2D eigenvalue weighted by molar-refractivity contribution is 0.0755. The lowest BCUT2D eigenvalue weighted by Gasteiger charge is -2.21. The van der Waals surface area contributed by atoms with Crippen LogP contribution in [0.1, 0.15) is 56.1 Å². The normalized spacial score (nSPS) is 10.5. The van der Waals surface area contributed by atoms with E-state index in [9.17, 15) is 4.79 Å². The van der Waals surface area contributed by atoms with E-state index in [0.29, 0.717) is 10.7 Å². The van der Waals surface area contributed by atoms with Gasteiger partial charge in [0.05, 0.1) is 0 Å². The van der Waals surface area contributed by atoms with Crippen LogP contribution in [0.25, 0.3) is 0 Å². The van der Waals surface area contributed by atoms with Gasteiger partial charge in [-0.05, 0) is 31.4 Å². The molecule has 4 heteroatoms. The Hall–Kier alpha value is -1.09. The summed E-state index contributed by atoms with van der Waals surface area (Å²) in [5.41, 5.74) is 1.55. The van der Waals surface area contributed by atoms with Gasteiger partial charge in [-0.25, -0.2) is 4.98 Å². The number of hydrogen-bond acceptors (Lipinski definition) is 2. The monoisotopic (exact) mass is 282 g/mol. The molecule has 0 aromatic carbocycles. The number of pyridine rings is 1. The molecular weight excluding hydrogens is 260 g/mol. The van der Waals surface area contributed by atoms with Crippen molar-refractivity contribution in [3.8, 4) is 0 Å². The van der Waals surface area contributed by atoms with Crippen LogP contribution in [0.15, 0.2) is 12.1 Å². The Morgan fingerprint density at radius 1 is 1.16 bits per heavy atom. The number of aromatic nitrogens is 1. The smallest absolute Gasteiger partial charge is 0.254 e. The zero-order valence-corrected chi connectivity index (χ0v) is 12.8. The van der Waals surface area contributed by atoms with Gasteiger partial charge in [0.2, 0.25) is 0 Å². The molecule has 0 atom stereocenters. The van der Waals surface area contributed by atoms with Gasteiger partial charge in [0.25, 0.3) is 5.91 Å². The third kappa shape index (κ3) is 4.83. The Morgan fingerprint density at radius 2 is 1.79 bits per heavy atom. The Bertz CT molecular complexity index is 415. The number of hydrogen-bond donors (Lipinski definition) is 0. The van der Waals surface area contributed by atoms with E-state index in [1.807, 2.05) is 11.0 Å². The molecule has 1 aromatic heterocycles. The van der Waals surface area contributed by atoms with Crippen LogP contribution < -0.4 is 0 Å². The molecule has 0 fully saturated rings. The molecule has 3 nitrogen and oxygen atoms in total. The molecule has 0 bridgehead atoms. The summed E-state index contributed by atoms with van der Waals surface area (Å²) < 4.78 is 0. The van der Waals surface area contributed by atoms with Crippen LogP contribution in [-0.2, 0) is 6.42 Å². The SMILES string of the molecule is CCCc1cc(C(=O)N(CCC)CCC)cc(Cl)n1. The van der Waals surface area contributed by atoms with Gasteiger partial charge in [0.15, 0.2) is 0 Å². The summed E-state index contributed by atoms with van der Waals surface area (Å²) in [7, 11) is 0. The molecule has 1 amide bonds.